The first kappa shape index (κ1) is 21.2. The average molecular weight is 429 g/mol. The Labute approximate surface area is 173 Å². The van der Waals surface area contributed by atoms with Crippen molar-refractivity contribution in [3.8, 4) is 6.07 Å². The SMILES string of the molecule is N#Cc1ccc(NCC(=O)N2CCN(S(=O)(=O)c3ccccc3[N+](=O)[O-])CC2)cc1. The highest BCUT2D eigenvalue weighted by molar-refractivity contribution is 7.89. The Bertz CT molecular complexity index is 1090. The average Bonchev–Trinajstić information content (AvgIpc) is 2.77. The molecule has 11 heteroatoms. The zero-order chi connectivity index (χ0) is 21.7. The first-order valence-corrected chi connectivity index (χ1v) is 10.5. The molecule has 156 valence electrons. The number of rotatable bonds is 6. The lowest BCUT2D eigenvalue weighted by molar-refractivity contribution is -0.387. The Balaban J connectivity index is 1.59. The number of carbonyl (C=O) groups is 1. The van der Waals surface area contributed by atoms with E-state index in [1.165, 1.54) is 18.2 Å². The summed E-state index contributed by atoms with van der Waals surface area (Å²) in [4.78, 5) is 24.1. The first-order chi connectivity index (χ1) is 14.3. The van der Waals surface area contributed by atoms with Crippen LogP contribution in [0.1, 0.15) is 5.56 Å². The molecule has 2 aromatic carbocycles. The maximum Gasteiger partial charge on any atom is 0.289 e. The summed E-state index contributed by atoms with van der Waals surface area (Å²) in [5.74, 6) is -0.193. The van der Waals surface area contributed by atoms with Gasteiger partial charge in [0.25, 0.3) is 5.69 Å². The minimum absolute atomic E-state index is 0.0306. The van der Waals surface area contributed by atoms with Crippen molar-refractivity contribution in [3.63, 3.8) is 0 Å². The molecule has 0 unspecified atom stereocenters. The lowest BCUT2D eigenvalue weighted by Gasteiger charge is -2.34. The molecule has 1 N–H and O–H groups in total. The van der Waals surface area contributed by atoms with E-state index in [2.05, 4.69) is 5.32 Å². The number of hydrogen-bond acceptors (Lipinski definition) is 7. The van der Waals surface area contributed by atoms with Gasteiger partial charge < -0.3 is 10.2 Å². The van der Waals surface area contributed by atoms with Gasteiger partial charge in [0.1, 0.15) is 0 Å². The van der Waals surface area contributed by atoms with E-state index in [4.69, 9.17) is 5.26 Å². The first-order valence-electron chi connectivity index (χ1n) is 9.08. The zero-order valence-corrected chi connectivity index (χ0v) is 16.7. The third-order valence-electron chi connectivity index (χ3n) is 4.73. The zero-order valence-electron chi connectivity index (χ0n) is 15.9. The summed E-state index contributed by atoms with van der Waals surface area (Å²) in [6.45, 7) is 0.512. The van der Waals surface area contributed by atoms with E-state index in [1.54, 1.807) is 29.2 Å². The number of para-hydroxylation sites is 1. The molecule has 2 aromatic rings. The molecule has 0 spiro atoms. The lowest BCUT2D eigenvalue weighted by Crippen LogP contribution is -2.51. The lowest BCUT2D eigenvalue weighted by atomic mass is 10.2. The van der Waals surface area contributed by atoms with Gasteiger partial charge in [-0.1, -0.05) is 12.1 Å². The molecule has 1 amide bonds. The Morgan fingerprint density at radius 1 is 1.10 bits per heavy atom. The van der Waals surface area contributed by atoms with Gasteiger partial charge in [-0.2, -0.15) is 9.57 Å². The molecular formula is C19H19N5O5S. The van der Waals surface area contributed by atoms with Crippen LogP contribution >= 0.6 is 0 Å². The molecule has 1 fully saturated rings. The molecule has 0 aromatic heterocycles. The summed E-state index contributed by atoms with van der Waals surface area (Å²) in [5.41, 5.74) is 0.741. The van der Waals surface area contributed by atoms with Gasteiger partial charge in [-0.25, -0.2) is 8.42 Å². The minimum Gasteiger partial charge on any atom is -0.376 e. The number of nitro groups is 1. The maximum absolute atomic E-state index is 12.8. The number of sulfonamides is 1. The second kappa shape index (κ2) is 8.89. The van der Waals surface area contributed by atoms with Gasteiger partial charge in [0.2, 0.25) is 15.9 Å². The number of nitrogens with one attached hydrogen (secondary N) is 1. The molecular weight excluding hydrogens is 410 g/mol. The molecule has 1 saturated heterocycles. The van der Waals surface area contributed by atoms with Crippen molar-refractivity contribution in [2.45, 2.75) is 4.90 Å². The topological polar surface area (TPSA) is 137 Å². The molecule has 1 aliphatic rings. The summed E-state index contributed by atoms with van der Waals surface area (Å²) < 4.78 is 26.8. The second-order valence-electron chi connectivity index (χ2n) is 6.55. The van der Waals surface area contributed by atoms with Crippen molar-refractivity contribution in [3.05, 3.63) is 64.2 Å². The van der Waals surface area contributed by atoms with Gasteiger partial charge in [0, 0.05) is 37.9 Å². The summed E-state index contributed by atoms with van der Waals surface area (Å²) in [5, 5.41) is 22.9. The molecule has 0 bridgehead atoms. The van der Waals surface area contributed by atoms with Crippen LogP contribution in [0.15, 0.2) is 53.4 Å². The molecule has 10 nitrogen and oxygen atoms in total. The maximum atomic E-state index is 12.8. The number of anilines is 1. The van der Waals surface area contributed by atoms with Gasteiger partial charge in [0.05, 0.1) is 23.1 Å². The molecule has 0 aliphatic carbocycles. The van der Waals surface area contributed by atoms with Gasteiger partial charge >= 0.3 is 0 Å². The van der Waals surface area contributed by atoms with Crippen LogP contribution in [0.4, 0.5) is 11.4 Å². The molecule has 0 radical (unpaired) electrons. The highest BCUT2D eigenvalue weighted by Crippen LogP contribution is 2.26. The fourth-order valence-electron chi connectivity index (χ4n) is 3.10. The third-order valence-corrected chi connectivity index (χ3v) is 6.67. The number of carbonyl (C=O) groups excluding carboxylic acids is 1. The largest absolute Gasteiger partial charge is 0.376 e. The van der Waals surface area contributed by atoms with Crippen LogP contribution in [-0.4, -0.2) is 61.2 Å². The minimum atomic E-state index is -4.04. The number of piperazine rings is 1. The van der Waals surface area contributed by atoms with Crippen molar-refractivity contribution in [2.24, 2.45) is 0 Å². The quantitative estimate of drug-likeness (QED) is 0.541. The van der Waals surface area contributed by atoms with E-state index in [1.807, 2.05) is 6.07 Å². The van der Waals surface area contributed by atoms with Crippen LogP contribution in [0.25, 0.3) is 0 Å². The van der Waals surface area contributed by atoms with Crippen molar-refractivity contribution in [2.75, 3.05) is 38.0 Å². The van der Waals surface area contributed by atoms with Crippen LogP contribution < -0.4 is 5.32 Å². The van der Waals surface area contributed by atoms with E-state index in [9.17, 15) is 23.3 Å². The highest BCUT2D eigenvalue weighted by atomic mass is 32.2. The van der Waals surface area contributed by atoms with Crippen molar-refractivity contribution >= 4 is 27.3 Å². The standard InChI is InChI=1S/C19H19N5O5S/c20-13-15-5-7-16(8-6-15)21-14-19(25)22-9-11-23(12-10-22)30(28,29)18-4-2-1-3-17(18)24(26)27/h1-8,21H,9-12,14H2. The van der Waals surface area contributed by atoms with Crippen LogP contribution in [0, 0.1) is 21.4 Å². The van der Waals surface area contributed by atoms with Crippen LogP contribution in [-0.2, 0) is 14.8 Å². The van der Waals surface area contributed by atoms with Crippen molar-refractivity contribution < 1.29 is 18.1 Å². The highest BCUT2D eigenvalue weighted by Gasteiger charge is 2.34. The van der Waals surface area contributed by atoms with E-state index < -0.39 is 20.6 Å². The van der Waals surface area contributed by atoms with Gasteiger partial charge in [-0.15, -0.1) is 0 Å². The predicted octanol–water partition coefficient (Wildman–Crippen LogP) is 1.41. The van der Waals surface area contributed by atoms with Crippen molar-refractivity contribution in [1.29, 1.82) is 5.26 Å². The summed E-state index contributed by atoms with van der Waals surface area (Å²) >= 11 is 0. The molecule has 0 atom stereocenters. The molecule has 1 heterocycles. The Morgan fingerprint density at radius 2 is 1.73 bits per heavy atom. The molecule has 3 rings (SSSR count). The van der Waals surface area contributed by atoms with E-state index in [0.717, 1.165) is 10.4 Å². The predicted molar refractivity (Wildman–Crippen MR) is 108 cm³/mol. The molecule has 0 saturated carbocycles. The van der Waals surface area contributed by atoms with E-state index >= 15 is 0 Å². The molecule has 30 heavy (non-hydrogen) atoms. The summed E-state index contributed by atoms with van der Waals surface area (Å²) in [6, 6.07) is 13.9. The third kappa shape index (κ3) is 4.56. The Morgan fingerprint density at radius 3 is 2.33 bits per heavy atom. The number of hydrogen-bond donors (Lipinski definition) is 1. The van der Waals surface area contributed by atoms with Crippen LogP contribution in [0.2, 0.25) is 0 Å². The number of benzene rings is 2. The summed E-state index contributed by atoms with van der Waals surface area (Å²) in [6.07, 6.45) is 0. The number of nitriles is 1. The van der Waals surface area contributed by atoms with E-state index in [0.29, 0.717) is 11.3 Å². The normalized spacial score (nSPS) is 14.7. The Hall–Kier alpha value is -3.49. The van der Waals surface area contributed by atoms with Gasteiger partial charge in [0.15, 0.2) is 4.90 Å². The fourth-order valence-corrected chi connectivity index (χ4v) is 4.67. The monoisotopic (exact) mass is 429 g/mol. The number of nitrogens with zero attached hydrogens (tertiary/aromatic N) is 4. The van der Waals surface area contributed by atoms with Gasteiger partial charge in [-0.3, -0.25) is 14.9 Å². The Kier molecular flexibility index (Phi) is 6.29. The smallest absolute Gasteiger partial charge is 0.289 e. The summed E-state index contributed by atoms with van der Waals surface area (Å²) in [7, 11) is -4.04. The van der Waals surface area contributed by atoms with Crippen molar-refractivity contribution in [1.82, 2.24) is 9.21 Å². The fraction of sp³-hybridized carbons (Fsp3) is 0.263. The molecule has 1 aliphatic heterocycles. The number of nitro benzene ring substituents is 1. The van der Waals surface area contributed by atoms with Crippen LogP contribution in [0.3, 0.4) is 0 Å². The second-order valence-corrected chi connectivity index (χ2v) is 8.46. The number of amides is 1. The van der Waals surface area contributed by atoms with Crippen LogP contribution in [0.5, 0.6) is 0 Å². The van der Waals surface area contributed by atoms with E-state index in [-0.39, 0.29) is 43.5 Å². The van der Waals surface area contributed by atoms with Gasteiger partial charge in [-0.05, 0) is 30.3 Å².